The molecule has 1 aliphatic heterocycles. The van der Waals surface area contributed by atoms with E-state index in [2.05, 4.69) is 28.2 Å². The van der Waals surface area contributed by atoms with Crippen LogP contribution >= 0.6 is 15.9 Å². The van der Waals surface area contributed by atoms with Gasteiger partial charge in [-0.15, -0.1) is 0 Å². The number of nitrogens with zero attached hydrogens (tertiary/aromatic N) is 1. The monoisotopic (exact) mass is 312 g/mol. The van der Waals surface area contributed by atoms with Crippen molar-refractivity contribution in [2.24, 2.45) is 0 Å². The molecule has 1 amide bonds. The minimum absolute atomic E-state index is 0.0129. The van der Waals surface area contributed by atoms with Crippen LogP contribution in [0.4, 0.5) is 5.69 Å². The number of anilines is 1. The summed E-state index contributed by atoms with van der Waals surface area (Å²) in [6, 6.07) is 5.73. The van der Waals surface area contributed by atoms with E-state index in [9.17, 15) is 4.79 Å². The molecule has 0 spiro atoms. The van der Waals surface area contributed by atoms with Crippen LogP contribution in [0, 0.1) is 0 Å². The number of ether oxygens (including phenoxy) is 1. The Bertz CT molecular complexity index is 437. The number of fused-ring (bicyclic) bond motifs is 1. The van der Waals surface area contributed by atoms with E-state index < -0.39 is 0 Å². The smallest absolute Gasteiger partial charge is 0.265 e. The molecule has 0 unspecified atom stereocenters. The highest BCUT2D eigenvalue weighted by molar-refractivity contribution is 9.10. The first-order chi connectivity index (χ1) is 8.72. The van der Waals surface area contributed by atoms with Crippen molar-refractivity contribution in [2.45, 2.75) is 13.3 Å². The van der Waals surface area contributed by atoms with E-state index in [1.165, 1.54) is 0 Å². The predicted octanol–water partition coefficient (Wildman–Crippen LogP) is 2.17. The van der Waals surface area contributed by atoms with Crippen LogP contribution in [0.2, 0.25) is 0 Å². The van der Waals surface area contributed by atoms with E-state index in [0.29, 0.717) is 6.54 Å². The molecule has 1 N–H and O–H groups in total. The summed E-state index contributed by atoms with van der Waals surface area (Å²) < 4.78 is 6.37. The van der Waals surface area contributed by atoms with Gasteiger partial charge in [0.05, 0.1) is 5.69 Å². The Hall–Kier alpha value is -1.07. The standard InChI is InChI=1S/C13H17BrN2O2/c1-2-5-15-6-7-16-11-8-10(14)3-4-12(11)18-9-13(16)17/h3-4,8,15H,2,5-7,9H2,1H3. The van der Waals surface area contributed by atoms with Crippen molar-refractivity contribution in [1.82, 2.24) is 5.32 Å². The van der Waals surface area contributed by atoms with Crippen LogP contribution in [0.3, 0.4) is 0 Å². The maximum absolute atomic E-state index is 11.9. The minimum atomic E-state index is 0.0129. The van der Waals surface area contributed by atoms with Crippen LogP contribution in [0.5, 0.6) is 5.75 Å². The van der Waals surface area contributed by atoms with Crippen molar-refractivity contribution in [3.63, 3.8) is 0 Å². The van der Waals surface area contributed by atoms with Crippen molar-refractivity contribution >= 4 is 27.5 Å². The van der Waals surface area contributed by atoms with Gasteiger partial charge in [-0.3, -0.25) is 4.79 Å². The predicted molar refractivity (Wildman–Crippen MR) is 75.2 cm³/mol. The summed E-state index contributed by atoms with van der Waals surface area (Å²) in [7, 11) is 0. The Balaban J connectivity index is 2.09. The number of carbonyl (C=O) groups excluding carboxylic acids is 1. The molecule has 1 aromatic rings. The van der Waals surface area contributed by atoms with Gasteiger partial charge in [-0.25, -0.2) is 0 Å². The van der Waals surface area contributed by atoms with E-state index in [0.717, 1.165) is 35.4 Å². The van der Waals surface area contributed by atoms with Gasteiger partial charge < -0.3 is 15.0 Å². The summed E-state index contributed by atoms with van der Waals surface area (Å²) in [6.45, 7) is 4.70. The van der Waals surface area contributed by atoms with Crippen molar-refractivity contribution in [1.29, 1.82) is 0 Å². The highest BCUT2D eigenvalue weighted by atomic mass is 79.9. The lowest BCUT2D eigenvalue weighted by atomic mass is 10.2. The molecule has 1 heterocycles. The molecule has 0 radical (unpaired) electrons. The molecule has 0 fully saturated rings. The van der Waals surface area contributed by atoms with Gasteiger partial charge >= 0.3 is 0 Å². The number of hydrogen-bond acceptors (Lipinski definition) is 3. The second-order valence-corrected chi connectivity index (χ2v) is 5.11. The van der Waals surface area contributed by atoms with E-state index >= 15 is 0 Å². The molecule has 0 saturated carbocycles. The van der Waals surface area contributed by atoms with Gasteiger partial charge in [-0.1, -0.05) is 22.9 Å². The van der Waals surface area contributed by atoms with Gasteiger partial charge in [0, 0.05) is 17.6 Å². The molecule has 4 nitrogen and oxygen atoms in total. The molecule has 1 aliphatic rings. The molecular formula is C13H17BrN2O2. The molecule has 1 aromatic carbocycles. The molecule has 0 saturated heterocycles. The van der Waals surface area contributed by atoms with Gasteiger partial charge in [-0.05, 0) is 31.2 Å². The molecular weight excluding hydrogens is 296 g/mol. The van der Waals surface area contributed by atoms with Gasteiger partial charge in [-0.2, -0.15) is 0 Å². The van der Waals surface area contributed by atoms with Crippen LogP contribution < -0.4 is 15.0 Å². The topological polar surface area (TPSA) is 41.6 Å². The summed E-state index contributed by atoms with van der Waals surface area (Å²) in [5, 5.41) is 3.30. The molecule has 0 aromatic heterocycles. The summed E-state index contributed by atoms with van der Waals surface area (Å²) in [5.41, 5.74) is 0.846. The van der Waals surface area contributed by atoms with Crippen molar-refractivity contribution in [3.8, 4) is 5.75 Å². The Labute approximate surface area is 115 Å². The van der Waals surface area contributed by atoms with Crippen molar-refractivity contribution in [2.75, 3.05) is 31.1 Å². The molecule has 0 bridgehead atoms. The zero-order valence-corrected chi connectivity index (χ0v) is 12.0. The molecule has 5 heteroatoms. The summed E-state index contributed by atoms with van der Waals surface area (Å²) in [6.07, 6.45) is 1.10. The highest BCUT2D eigenvalue weighted by Crippen LogP contribution is 2.34. The van der Waals surface area contributed by atoms with Crippen LogP contribution in [0.25, 0.3) is 0 Å². The Morgan fingerprint density at radius 2 is 2.28 bits per heavy atom. The van der Waals surface area contributed by atoms with Crippen molar-refractivity contribution < 1.29 is 9.53 Å². The third-order valence-corrected chi connectivity index (χ3v) is 3.30. The number of amides is 1. The van der Waals surface area contributed by atoms with E-state index in [-0.39, 0.29) is 12.5 Å². The van der Waals surface area contributed by atoms with E-state index in [1.807, 2.05) is 18.2 Å². The maximum Gasteiger partial charge on any atom is 0.265 e. The highest BCUT2D eigenvalue weighted by Gasteiger charge is 2.24. The number of carbonyl (C=O) groups is 1. The van der Waals surface area contributed by atoms with Crippen molar-refractivity contribution in [3.05, 3.63) is 22.7 Å². The molecule has 0 aliphatic carbocycles. The lowest BCUT2D eigenvalue weighted by Crippen LogP contribution is -2.42. The number of halogens is 1. The van der Waals surface area contributed by atoms with Gasteiger partial charge in [0.15, 0.2) is 6.61 Å². The lowest BCUT2D eigenvalue weighted by Gasteiger charge is -2.29. The van der Waals surface area contributed by atoms with Crippen LogP contribution in [-0.4, -0.2) is 32.1 Å². The number of nitrogens with one attached hydrogen (secondary N) is 1. The third kappa shape index (κ3) is 3.03. The first kappa shape index (κ1) is 13.4. The van der Waals surface area contributed by atoms with Gasteiger partial charge in [0.25, 0.3) is 5.91 Å². The quantitative estimate of drug-likeness (QED) is 0.847. The minimum Gasteiger partial charge on any atom is -0.482 e. The fraction of sp³-hybridized carbons (Fsp3) is 0.462. The zero-order chi connectivity index (χ0) is 13.0. The molecule has 98 valence electrons. The summed E-state index contributed by atoms with van der Waals surface area (Å²) >= 11 is 3.42. The van der Waals surface area contributed by atoms with Gasteiger partial charge in [0.1, 0.15) is 5.75 Å². The van der Waals surface area contributed by atoms with E-state index in [4.69, 9.17) is 4.74 Å². The fourth-order valence-corrected chi connectivity index (χ4v) is 2.26. The maximum atomic E-state index is 11.9. The Kier molecular flexibility index (Phi) is 4.60. The molecule has 2 rings (SSSR count). The Morgan fingerprint density at radius 3 is 3.06 bits per heavy atom. The SMILES string of the molecule is CCCNCCN1C(=O)COc2ccc(Br)cc21. The second kappa shape index (κ2) is 6.20. The van der Waals surface area contributed by atoms with Gasteiger partial charge in [0.2, 0.25) is 0 Å². The second-order valence-electron chi connectivity index (χ2n) is 4.20. The average Bonchev–Trinajstić information content (AvgIpc) is 2.36. The molecule has 0 atom stereocenters. The molecule has 18 heavy (non-hydrogen) atoms. The largest absolute Gasteiger partial charge is 0.482 e. The first-order valence-electron chi connectivity index (χ1n) is 6.16. The van der Waals surface area contributed by atoms with Crippen LogP contribution in [-0.2, 0) is 4.79 Å². The third-order valence-electron chi connectivity index (χ3n) is 2.80. The number of benzene rings is 1. The lowest BCUT2D eigenvalue weighted by molar-refractivity contribution is -0.121. The summed E-state index contributed by atoms with van der Waals surface area (Å²) in [4.78, 5) is 13.7. The first-order valence-corrected chi connectivity index (χ1v) is 6.95. The normalized spacial score (nSPS) is 14.3. The van der Waals surface area contributed by atoms with E-state index in [1.54, 1.807) is 4.90 Å². The fourth-order valence-electron chi connectivity index (χ4n) is 1.91. The number of hydrogen-bond donors (Lipinski definition) is 1. The summed E-state index contributed by atoms with van der Waals surface area (Å²) in [5.74, 6) is 0.784. The Morgan fingerprint density at radius 1 is 1.44 bits per heavy atom. The average molecular weight is 313 g/mol. The van der Waals surface area contributed by atoms with Crippen LogP contribution in [0.1, 0.15) is 13.3 Å². The zero-order valence-electron chi connectivity index (χ0n) is 10.4. The number of rotatable bonds is 5. The van der Waals surface area contributed by atoms with Crippen LogP contribution in [0.15, 0.2) is 22.7 Å².